The Morgan fingerprint density at radius 1 is 1.17 bits per heavy atom. The van der Waals surface area contributed by atoms with Crippen LogP contribution in [0.3, 0.4) is 0 Å². The molecule has 2 aliphatic rings. The lowest BCUT2D eigenvalue weighted by Crippen LogP contribution is -2.44. The molecule has 5 nitrogen and oxygen atoms in total. The molecule has 2 fully saturated rings. The van der Waals surface area contributed by atoms with E-state index in [-0.39, 0.29) is 23.8 Å². The lowest BCUT2D eigenvalue weighted by Gasteiger charge is -2.31. The van der Waals surface area contributed by atoms with Gasteiger partial charge in [0.05, 0.1) is 20.3 Å². The number of halogens is 1. The molecule has 0 unspecified atom stereocenters. The molecule has 1 saturated heterocycles. The van der Waals surface area contributed by atoms with E-state index in [1.165, 1.54) is 5.56 Å². The van der Waals surface area contributed by atoms with E-state index in [9.17, 15) is 4.79 Å². The van der Waals surface area contributed by atoms with Crippen LogP contribution in [0.15, 0.2) is 48.5 Å². The topological polar surface area (TPSA) is 50.8 Å². The molecule has 3 atom stereocenters. The predicted molar refractivity (Wildman–Crippen MR) is 118 cm³/mol. The minimum Gasteiger partial charge on any atom is -0.497 e. The van der Waals surface area contributed by atoms with Gasteiger partial charge in [-0.1, -0.05) is 35.9 Å². The molecule has 0 radical (unpaired) electrons. The third-order valence-electron chi connectivity index (χ3n) is 6.23. The van der Waals surface area contributed by atoms with Gasteiger partial charge in [-0.15, -0.1) is 0 Å². The van der Waals surface area contributed by atoms with Crippen LogP contribution < -0.4 is 10.1 Å². The normalized spacial score (nSPS) is 24.1. The Balaban J connectivity index is 1.49. The zero-order valence-corrected chi connectivity index (χ0v) is 18.1. The number of carbonyl (C=O) groups excluding carboxylic acids is 1. The summed E-state index contributed by atoms with van der Waals surface area (Å²) in [6.45, 7) is 3.37. The number of morpholine rings is 1. The largest absolute Gasteiger partial charge is 0.497 e. The first-order valence-electron chi connectivity index (χ1n) is 10.6. The van der Waals surface area contributed by atoms with Crippen molar-refractivity contribution in [3.8, 4) is 5.75 Å². The number of hydrogen-bond acceptors (Lipinski definition) is 4. The SMILES string of the molecule is COc1ccc([C@H]2C[C@H](NCc3cccc(Cl)c3)C[C@@H]2C(=O)N2CCOCC2)cc1. The molecule has 1 N–H and O–H groups in total. The monoisotopic (exact) mass is 428 g/mol. The maximum absolute atomic E-state index is 13.4. The number of benzene rings is 2. The first-order valence-corrected chi connectivity index (χ1v) is 11.0. The number of ether oxygens (including phenoxy) is 2. The Morgan fingerprint density at radius 3 is 2.63 bits per heavy atom. The van der Waals surface area contributed by atoms with Gasteiger partial charge in [-0.2, -0.15) is 0 Å². The summed E-state index contributed by atoms with van der Waals surface area (Å²) in [4.78, 5) is 15.3. The average molecular weight is 429 g/mol. The molecule has 0 aromatic heterocycles. The summed E-state index contributed by atoms with van der Waals surface area (Å²) >= 11 is 6.12. The standard InChI is InChI=1S/C24H29ClN2O3/c1-29-21-7-5-18(6-8-21)22-14-20(26-16-17-3-2-4-19(25)13-17)15-23(22)24(28)27-9-11-30-12-10-27/h2-8,13,20,22-23,26H,9-12,14-16H2,1H3/t20-,22+,23-/m0/s1. The lowest BCUT2D eigenvalue weighted by atomic mass is 9.88. The van der Waals surface area contributed by atoms with Crippen LogP contribution in [0.5, 0.6) is 5.75 Å². The second kappa shape index (κ2) is 9.82. The minimum absolute atomic E-state index is 0.0200. The Labute approximate surface area is 183 Å². The summed E-state index contributed by atoms with van der Waals surface area (Å²) in [5.41, 5.74) is 2.36. The Kier molecular flexibility index (Phi) is 6.93. The second-order valence-electron chi connectivity index (χ2n) is 8.10. The van der Waals surface area contributed by atoms with Crippen LogP contribution in [0.2, 0.25) is 5.02 Å². The Bertz CT molecular complexity index is 852. The van der Waals surface area contributed by atoms with E-state index in [1.807, 2.05) is 35.2 Å². The van der Waals surface area contributed by atoms with Crippen molar-refractivity contribution in [3.63, 3.8) is 0 Å². The van der Waals surface area contributed by atoms with Gasteiger partial charge < -0.3 is 19.7 Å². The summed E-state index contributed by atoms with van der Waals surface area (Å²) in [6, 6.07) is 16.4. The summed E-state index contributed by atoms with van der Waals surface area (Å²) < 4.78 is 10.7. The van der Waals surface area contributed by atoms with E-state index >= 15 is 0 Å². The molecular formula is C24H29ClN2O3. The molecule has 1 aliphatic heterocycles. The molecule has 4 rings (SSSR count). The summed E-state index contributed by atoms with van der Waals surface area (Å²) in [5.74, 6) is 1.27. The van der Waals surface area contributed by atoms with Gasteiger partial charge in [-0.05, 0) is 54.2 Å². The highest BCUT2D eigenvalue weighted by Crippen LogP contribution is 2.41. The van der Waals surface area contributed by atoms with Crippen LogP contribution in [0.25, 0.3) is 0 Å². The van der Waals surface area contributed by atoms with Crippen LogP contribution >= 0.6 is 11.6 Å². The molecule has 1 saturated carbocycles. The van der Waals surface area contributed by atoms with Crippen molar-refractivity contribution in [2.24, 2.45) is 5.92 Å². The fraction of sp³-hybridized carbons (Fsp3) is 0.458. The molecule has 1 aliphatic carbocycles. The van der Waals surface area contributed by atoms with Crippen molar-refractivity contribution in [1.82, 2.24) is 10.2 Å². The summed E-state index contributed by atoms with van der Waals surface area (Å²) in [5, 5.41) is 4.40. The second-order valence-corrected chi connectivity index (χ2v) is 8.54. The fourth-order valence-corrected chi connectivity index (χ4v) is 4.84. The first-order chi connectivity index (χ1) is 14.6. The van der Waals surface area contributed by atoms with Crippen LogP contribution in [0.4, 0.5) is 0 Å². The number of nitrogens with zero attached hydrogens (tertiary/aromatic N) is 1. The van der Waals surface area contributed by atoms with Crippen molar-refractivity contribution in [1.29, 1.82) is 0 Å². The lowest BCUT2D eigenvalue weighted by molar-refractivity contribution is -0.140. The van der Waals surface area contributed by atoms with Gasteiger partial charge in [0.2, 0.25) is 5.91 Å². The Hall–Kier alpha value is -2.08. The third kappa shape index (κ3) is 4.97. The van der Waals surface area contributed by atoms with Gasteiger partial charge in [-0.3, -0.25) is 4.79 Å². The Morgan fingerprint density at radius 2 is 1.93 bits per heavy atom. The van der Waals surface area contributed by atoms with Gasteiger partial charge in [0.15, 0.2) is 0 Å². The number of amides is 1. The maximum Gasteiger partial charge on any atom is 0.226 e. The highest BCUT2D eigenvalue weighted by Gasteiger charge is 2.41. The van der Waals surface area contributed by atoms with Gasteiger partial charge >= 0.3 is 0 Å². The van der Waals surface area contributed by atoms with Crippen molar-refractivity contribution < 1.29 is 14.3 Å². The number of methoxy groups -OCH3 is 1. The van der Waals surface area contributed by atoms with E-state index in [4.69, 9.17) is 21.1 Å². The van der Waals surface area contributed by atoms with Gasteiger partial charge in [0.1, 0.15) is 5.75 Å². The van der Waals surface area contributed by atoms with Crippen LogP contribution in [-0.4, -0.2) is 50.3 Å². The first kappa shape index (κ1) is 21.2. The smallest absolute Gasteiger partial charge is 0.226 e. The molecule has 1 heterocycles. The highest BCUT2D eigenvalue weighted by molar-refractivity contribution is 6.30. The van der Waals surface area contributed by atoms with E-state index in [2.05, 4.69) is 23.5 Å². The van der Waals surface area contributed by atoms with Crippen LogP contribution in [-0.2, 0) is 16.1 Å². The number of rotatable bonds is 6. The van der Waals surface area contributed by atoms with E-state index in [0.717, 1.165) is 35.7 Å². The van der Waals surface area contributed by atoms with Crippen molar-refractivity contribution in [3.05, 3.63) is 64.7 Å². The van der Waals surface area contributed by atoms with Crippen molar-refractivity contribution in [2.75, 3.05) is 33.4 Å². The van der Waals surface area contributed by atoms with E-state index in [1.54, 1.807) is 7.11 Å². The van der Waals surface area contributed by atoms with E-state index < -0.39 is 0 Å². The molecule has 30 heavy (non-hydrogen) atoms. The maximum atomic E-state index is 13.4. The molecule has 2 aromatic carbocycles. The van der Waals surface area contributed by atoms with Crippen molar-refractivity contribution >= 4 is 17.5 Å². The highest BCUT2D eigenvalue weighted by atomic mass is 35.5. The van der Waals surface area contributed by atoms with Crippen LogP contribution in [0.1, 0.15) is 29.9 Å². The molecule has 0 spiro atoms. The molecule has 0 bridgehead atoms. The number of nitrogens with one attached hydrogen (secondary N) is 1. The molecular weight excluding hydrogens is 400 g/mol. The van der Waals surface area contributed by atoms with Crippen LogP contribution in [0, 0.1) is 5.92 Å². The van der Waals surface area contributed by atoms with Crippen molar-refractivity contribution in [2.45, 2.75) is 31.3 Å². The van der Waals surface area contributed by atoms with E-state index in [0.29, 0.717) is 26.3 Å². The average Bonchev–Trinajstić information content (AvgIpc) is 3.22. The zero-order valence-electron chi connectivity index (χ0n) is 17.4. The molecule has 160 valence electrons. The quantitative estimate of drug-likeness (QED) is 0.759. The zero-order chi connectivity index (χ0) is 20.9. The van der Waals surface area contributed by atoms with Gasteiger partial charge in [0, 0.05) is 36.6 Å². The summed E-state index contributed by atoms with van der Waals surface area (Å²) in [6.07, 6.45) is 1.78. The minimum atomic E-state index is -0.0200. The fourth-order valence-electron chi connectivity index (χ4n) is 4.62. The third-order valence-corrected chi connectivity index (χ3v) is 6.47. The van der Waals surface area contributed by atoms with Gasteiger partial charge in [0.25, 0.3) is 0 Å². The number of carbonyl (C=O) groups is 1. The summed E-state index contributed by atoms with van der Waals surface area (Å²) in [7, 11) is 1.67. The predicted octanol–water partition coefficient (Wildman–Crippen LogP) is 3.86. The van der Waals surface area contributed by atoms with Gasteiger partial charge in [-0.25, -0.2) is 0 Å². The molecule has 2 aromatic rings. The molecule has 1 amide bonds. The number of hydrogen-bond donors (Lipinski definition) is 1. The molecule has 6 heteroatoms.